The lowest BCUT2D eigenvalue weighted by Crippen LogP contribution is -2.65. The molecule has 0 aromatic heterocycles. The monoisotopic (exact) mass is 284 g/mol. The van der Waals surface area contributed by atoms with Gasteiger partial charge in [-0.2, -0.15) is 0 Å². The normalized spacial score (nSPS) is 40.2. The molecule has 2 heterocycles. The fraction of sp³-hybridized carbons (Fsp3) is 1.00. The van der Waals surface area contributed by atoms with Crippen molar-refractivity contribution in [1.29, 1.82) is 0 Å². The van der Waals surface area contributed by atoms with Gasteiger partial charge in [0.1, 0.15) is 0 Å². The van der Waals surface area contributed by atoms with Gasteiger partial charge >= 0.3 is 0 Å². The molecular formula is C16H32N2O2. The van der Waals surface area contributed by atoms with Crippen LogP contribution < -0.4 is 5.73 Å². The third-order valence-corrected chi connectivity index (χ3v) is 5.15. The SMILES string of the molecule is CCC1COC(C)CN1C1(CN)CCOC(C(C)C)C1. The van der Waals surface area contributed by atoms with Gasteiger partial charge in [-0.05, 0) is 32.1 Å². The molecule has 2 fully saturated rings. The molecule has 0 aliphatic carbocycles. The van der Waals surface area contributed by atoms with Crippen LogP contribution in [0.25, 0.3) is 0 Å². The van der Waals surface area contributed by atoms with E-state index in [-0.39, 0.29) is 5.54 Å². The minimum absolute atomic E-state index is 0.103. The van der Waals surface area contributed by atoms with Gasteiger partial charge in [0.2, 0.25) is 0 Å². The summed E-state index contributed by atoms with van der Waals surface area (Å²) in [5.41, 5.74) is 6.36. The second kappa shape index (κ2) is 6.73. The molecule has 2 rings (SSSR count). The van der Waals surface area contributed by atoms with Crippen LogP contribution in [-0.2, 0) is 9.47 Å². The van der Waals surface area contributed by atoms with E-state index in [1.54, 1.807) is 0 Å². The van der Waals surface area contributed by atoms with Crippen LogP contribution >= 0.6 is 0 Å². The number of morpholine rings is 1. The minimum atomic E-state index is 0.103. The van der Waals surface area contributed by atoms with Gasteiger partial charge in [0.25, 0.3) is 0 Å². The van der Waals surface area contributed by atoms with Crippen molar-refractivity contribution >= 4 is 0 Å². The lowest BCUT2D eigenvalue weighted by Gasteiger charge is -2.54. The van der Waals surface area contributed by atoms with Crippen LogP contribution in [0.5, 0.6) is 0 Å². The molecule has 118 valence electrons. The molecular weight excluding hydrogens is 252 g/mol. The zero-order valence-corrected chi connectivity index (χ0v) is 13.6. The molecule has 2 N–H and O–H groups in total. The van der Waals surface area contributed by atoms with Crippen molar-refractivity contribution < 1.29 is 9.47 Å². The Hall–Kier alpha value is -0.160. The van der Waals surface area contributed by atoms with Crippen LogP contribution in [0.4, 0.5) is 0 Å². The van der Waals surface area contributed by atoms with E-state index >= 15 is 0 Å². The Kier molecular flexibility index (Phi) is 5.46. The highest BCUT2D eigenvalue weighted by Gasteiger charge is 2.45. The summed E-state index contributed by atoms with van der Waals surface area (Å²) in [5, 5.41) is 0. The topological polar surface area (TPSA) is 47.7 Å². The highest BCUT2D eigenvalue weighted by molar-refractivity contribution is 5.00. The van der Waals surface area contributed by atoms with Gasteiger partial charge < -0.3 is 15.2 Å². The summed E-state index contributed by atoms with van der Waals surface area (Å²) in [6.45, 7) is 12.3. The predicted molar refractivity (Wildman–Crippen MR) is 81.8 cm³/mol. The van der Waals surface area contributed by atoms with Crippen LogP contribution in [0, 0.1) is 5.92 Å². The van der Waals surface area contributed by atoms with Crippen molar-refractivity contribution in [3.63, 3.8) is 0 Å². The summed E-state index contributed by atoms with van der Waals surface area (Å²) in [6, 6.07) is 0.501. The Labute approximate surface area is 124 Å². The van der Waals surface area contributed by atoms with E-state index in [9.17, 15) is 0 Å². The third kappa shape index (κ3) is 3.19. The largest absolute Gasteiger partial charge is 0.378 e. The third-order valence-electron chi connectivity index (χ3n) is 5.15. The average molecular weight is 284 g/mol. The molecule has 4 atom stereocenters. The van der Waals surface area contributed by atoms with Gasteiger partial charge in [-0.15, -0.1) is 0 Å². The number of hydrogen-bond acceptors (Lipinski definition) is 4. The Balaban J connectivity index is 2.19. The van der Waals surface area contributed by atoms with Crippen LogP contribution in [0.2, 0.25) is 0 Å². The lowest BCUT2D eigenvalue weighted by molar-refractivity contribution is -0.145. The van der Waals surface area contributed by atoms with Gasteiger partial charge in [-0.1, -0.05) is 20.8 Å². The Morgan fingerprint density at radius 1 is 1.35 bits per heavy atom. The number of nitrogens with zero attached hydrogens (tertiary/aromatic N) is 1. The molecule has 0 saturated carbocycles. The van der Waals surface area contributed by atoms with Crippen molar-refractivity contribution in [1.82, 2.24) is 4.90 Å². The standard InChI is InChI=1S/C16H32N2O2/c1-5-14-10-20-13(4)9-18(14)16(11-17)6-7-19-15(8-16)12(2)3/h12-15H,5-11,17H2,1-4H3. The number of ether oxygens (including phenoxy) is 2. The van der Waals surface area contributed by atoms with E-state index in [2.05, 4.69) is 32.6 Å². The summed E-state index contributed by atoms with van der Waals surface area (Å²) < 4.78 is 11.8. The molecule has 2 saturated heterocycles. The van der Waals surface area contributed by atoms with Crippen LogP contribution in [0.3, 0.4) is 0 Å². The fourth-order valence-electron chi connectivity index (χ4n) is 3.69. The van der Waals surface area contributed by atoms with Gasteiger partial charge in [0, 0.05) is 31.3 Å². The first-order valence-corrected chi connectivity index (χ1v) is 8.22. The van der Waals surface area contributed by atoms with E-state index < -0.39 is 0 Å². The maximum atomic E-state index is 6.26. The molecule has 2 aliphatic heterocycles. The molecule has 0 radical (unpaired) electrons. The molecule has 4 unspecified atom stereocenters. The first-order chi connectivity index (χ1) is 9.52. The van der Waals surface area contributed by atoms with Gasteiger partial charge in [-0.3, -0.25) is 4.90 Å². The van der Waals surface area contributed by atoms with Crippen LogP contribution in [0.1, 0.15) is 47.0 Å². The zero-order valence-electron chi connectivity index (χ0n) is 13.6. The summed E-state index contributed by atoms with van der Waals surface area (Å²) in [5.74, 6) is 0.555. The molecule has 0 amide bonds. The molecule has 20 heavy (non-hydrogen) atoms. The summed E-state index contributed by atoms with van der Waals surface area (Å²) in [7, 11) is 0. The molecule has 0 aromatic carbocycles. The molecule has 0 aromatic rings. The van der Waals surface area contributed by atoms with Gasteiger partial charge in [-0.25, -0.2) is 0 Å². The van der Waals surface area contributed by atoms with Crippen LogP contribution in [0.15, 0.2) is 0 Å². The lowest BCUT2D eigenvalue weighted by atomic mass is 9.80. The quantitative estimate of drug-likeness (QED) is 0.858. The van der Waals surface area contributed by atoms with E-state index in [1.165, 1.54) is 0 Å². The first-order valence-electron chi connectivity index (χ1n) is 8.22. The van der Waals surface area contributed by atoms with Crippen molar-refractivity contribution in [2.45, 2.75) is 70.7 Å². The number of hydrogen-bond donors (Lipinski definition) is 1. The second-order valence-electron chi connectivity index (χ2n) is 6.89. The van der Waals surface area contributed by atoms with E-state index in [4.69, 9.17) is 15.2 Å². The molecule has 0 spiro atoms. The van der Waals surface area contributed by atoms with E-state index in [1.807, 2.05) is 0 Å². The van der Waals surface area contributed by atoms with Crippen molar-refractivity contribution in [3.05, 3.63) is 0 Å². The Morgan fingerprint density at radius 2 is 2.10 bits per heavy atom. The van der Waals surface area contributed by atoms with Gasteiger partial charge in [0.15, 0.2) is 0 Å². The zero-order chi connectivity index (χ0) is 14.8. The van der Waals surface area contributed by atoms with Crippen molar-refractivity contribution in [2.75, 3.05) is 26.3 Å². The first kappa shape index (κ1) is 16.2. The number of nitrogens with two attached hydrogens (primary N) is 1. The Morgan fingerprint density at radius 3 is 2.70 bits per heavy atom. The van der Waals surface area contributed by atoms with Crippen LogP contribution in [-0.4, -0.2) is 55.0 Å². The smallest absolute Gasteiger partial charge is 0.0675 e. The van der Waals surface area contributed by atoms with E-state index in [0.29, 0.717) is 24.2 Å². The predicted octanol–water partition coefficient (Wildman–Crippen LogP) is 2.02. The summed E-state index contributed by atoms with van der Waals surface area (Å²) >= 11 is 0. The molecule has 0 bridgehead atoms. The van der Waals surface area contributed by atoms with Crippen molar-refractivity contribution in [2.24, 2.45) is 11.7 Å². The summed E-state index contributed by atoms with van der Waals surface area (Å²) in [4.78, 5) is 2.65. The van der Waals surface area contributed by atoms with Crippen molar-refractivity contribution in [3.8, 4) is 0 Å². The summed E-state index contributed by atoms with van der Waals surface area (Å²) in [6.07, 6.45) is 3.88. The number of rotatable bonds is 4. The highest BCUT2D eigenvalue weighted by atomic mass is 16.5. The maximum Gasteiger partial charge on any atom is 0.0675 e. The maximum absolute atomic E-state index is 6.26. The highest BCUT2D eigenvalue weighted by Crippen LogP contribution is 2.36. The fourth-order valence-corrected chi connectivity index (χ4v) is 3.69. The second-order valence-corrected chi connectivity index (χ2v) is 6.89. The van der Waals surface area contributed by atoms with Gasteiger partial charge in [0.05, 0.1) is 18.8 Å². The Bertz CT molecular complexity index is 311. The minimum Gasteiger partial charge on any atom is -0.378 e. The van der Waals surface area contributed by atoms with E-state index in [0.717, 1.165) is 45.6 Å². The molecule has 4 nitrogen and oxygen atoms in total. The molecule has 4 heteroatoms. The average Bonchev–Trinajstić information content (AvgIpc) is 2.47. The molecule has 2 aliphatic rings.